The Morgan fingerprint density at radius 2 is 1.56 bits per heavy atom. The number of hydrogen-bond donors (Lipinski definition) is 0. The van der Waals surface area contributed by atoms with Crippen molar-refractivity contribution < 1.29 is 21.0 Å². The molecule has 1 saturated heterocycles. The summed E-state index contributed by atoms with van der Waals surface area (Å²) in [6, 6.07) is -0.400. The molecule has 0 N–H and O–H groups in total. The molecule has 0 aromatic heterocycles. The number of piperidine rings is 1. The van der Waals surface area contributed by atoms with Gasteiger partial charge in [0.1, 0.15) is 0 Å². The van der Waals surface area contributed by atoms with E-state index in [1.54, 1.807) is 6.92 Å². The van der Waals surface area contributed by atoms with Crippen molar-refractivity contribution >= 4 is 23.3 Å². The van der Waals surface area contributed by atoms with Crippen LogP contribution in [0.4, 0.5) is 21.0 Å². The Morgan fingerprint density at radius 1 is 0.944 bits per heavy atom. The number of halogens is 5. The van der Waals surface area contributed by atoms with Crippen molar-refractivity contribution in [1.29, 1.82) is 0 Å². The SMILES string of the molecule is CC1CCCCN1P1(F)=NP(F)(F)=NP(F)(F)=N1. The van der Waals surface area contributed by atoms with Crippen LogP contribution < -0.4 is 0 Å². The molecule has 2 rings (SSSR count). The molecule has 12 heteroatoms. The smallest absolute Gasteiger partial charge is 0.223 e. The average Bonchev–Trinajstić information content (AvgIpc) is 2.11. The van der Waals surface area contributed by atoms with Gasteiger partial charge in [0.25, 0.3) is 0 Å². The number of rotatable bonds is 1. The van der Waals surface area contributed by atoms with Gasteiger partial charge in [0.15, 0.2) is 0 Å². The van der Waals surface area contributed by atoms with Gasteiger partial charge in [-0.15, -0.1) is 30.3 Å². The van der Waals surface area contributed by atoms with Crippen molar-refractivity contribution in [3.05, 3.63) is 0 Å². The standard InChI is InChI=1S/C6H12F5N4P3/c1-6-4-2-3-5-15(6)18(11)13-16(7,8)12-17(9,10)14-18/h6H,2-5H2,1H3. The monoisotopic (exact) mass is 328 g/mol. The Morgan fingerprint density at radius 3 is 2.11 bits per heavy atom. The van der Waals surface area contributed by atoms with Crippen molar-refractivity contribution in [3.8, 4) is 0 Å². The van der Waals surface area contributed by atoms with Crippen molar-refractivity contribution in [2.24, 2.45) is 13.5 Å². The summed E-state index contributed by atoms with van der Waals surface area (Å²) in [7, 11) is -15.8. The predicted molar refractivity (Wildman–Crippen MR) is 63.6 cm³/mol. The van der Waals surface area contributed by atoms with E-state index in [2.05, 4.69) is 9.03 Å². The third-order valence-electron chi connectivity index (χ3n) is 2.75. The van der Waals surface area contributed by atoms with Crippen molar-refractivity contribution in [2.45, 2.75) is 32.2 Å². The summed E-state index contributed by atoms with van der Waals surface area (Å²) >= 11 is 0. The maximum atomic E-state index is 14.4. The van der Waals surface area contributed by atoms with Crippen LogP contribution in [0.3, 0.4) is 0 Å². The van der Waals surface area contributed by atoms with Gasteiger partial charge in [-0.2, -0.15) is 4.20 Å². The molecule has 2 unspecified atom stereocenters. The molecule has 0 aliphatic carbocycles. The highest BCUT2D eigenvalue weighted by atomic mass is 31.3. The highest BCUT2D eigenvalue weighted by molar-refractivity contribution is 7.78. The van der Waals surface area contributed by atoms with Crippen LogP contribution in [-0.2, 0) is 0 Å². The van der Waals surface area contributed by atoms with E-state index in [-0.39, 0.29) is 6.54 Å². The normalized spacial score (nSPS) is 39.3. The summed E-state index contributed by atoms with van der Waals surface area (Å²) in [6.45, 7) is 1.75. The first-order valence-corrected chi connectivity index (χ1v) is 9.80. The summed E-state index contributed by atoms with van der Waals surface area (Å²) in [5.74, 6) is 0. The highest BCUT2D eigenvalue weighted by Crippen LogP contribution is 2.82. The lowest BCUT2D eigenvalue weighted by molar-refractivity contribution is 0.270. The molecular formula is C6H12F5N4P3. The molecule has 0 bridgehead atoms. The molecule has 2 heterocycles. The van der Waals surface area contributed by atoms with Gasteiger partial charge in [-0.1, -0.05) is 6.42 Å². The summed E-state index contributed by atoms with van der Waals surface area (Å²) in [4.78, 5) is 0. The first-order valence-electron chi connectivity index (χ1n) is 5.31. The van der Waals surface area contributed by atoms with E-state index >= 15 is 0 Å². The quantitative estimate of drug-likeness (QED) is 0.397. The first-order chi connectivity index (χ1) is 8.14. The summed E-state index contributed by atoms with van der Waals surface area (Å²) in [6.07, 6.45) is 1.97. The largest absolute Gasteiger partial charge is 0.424 e. The predicted octanol–water partition coefficient (Wildman–Crippen LogP) is 6.56. The van der Waals surface area contributed by atoms with Gasteiger partial charge < -0.3 is 0 Å². The Hall–Kier alpha value is 0.300. The topological polar surface area (TPSA) is 40.3 Å². The fourth-order valence-corrected chi connectivity index (χ4v) is 8.48. The maximum Gasteiger partial charge on any atom is 0.424 e. The van der Waals surface area contributed by atoms with Gasteiger partial charge in [0.05, 0.1) is 0 Å². The Balaban J connectivity index is 2.51. The number of nitrogens with zero attached hydrogens (tertiary/aromatic N) is 4. The molecule has 0 aromatic rings. The second-order valence-electron chi connectivity index (χ2n) is 4.18. The maximum absolute atomic E-state index is 14.4. The minimum atomic E-state index is -5.58. The van der Waals surface area contributed by atoms with Crippen LogP contribution in [0.25, 0.3) is 0 Å². The van der Waals surface area contributed by atoms with Crippen LogP contribution in [0, 0.1) is 0 Å². The third kappa shape index (κ3) is 3.06. The van der Waals surface area contributed by atoms with Gasteiger partial charge in [-0.05, 0) is 19.8 Å². The van der Waals surface area contributed by atoms with Gasteiger partial charge in [-0.25, -0.2) is 4.67 Å². The lowest BCUT2D eigenvalue weighted by atomic mass is 10.1. The van der Waals surface area contributed by atoms with Crippen LogP contribution >= 0.6 is 23.3 Å². The van der Waals surface area contributed by atoms with Crippen molar-refractivity contribution in [2.75, 3.05) is 6.54 Å². The highest BCUT2D eigenvalue weighted by Gasteiger charge is 2.44. The molecule has 4 nitrogen and oxygen atoms in total. The van der Waals surface area contributed by atoms with E-state index in [4.69, 9.17) is 0 Å². The van der Waals surface area contributed by atoms with Crippen LogP contribution in [0.5, 0.6) is 0 Å². The van der Waals surface area contributed by atoms with Crippen LogP contribution in [0.2, 0.25) is 0 Å². The lowest BCUT2D eigenvalue weighted by Crippen LogP contribution is -2.33. The van der Waals surface area contributed by atoms with E-state index < -0.39 is 29.4 Å². The Labute approximate surface area is 102 Å². The summed E-state index contributed by atoms with van der Waals surface area (Å²) < 4.78 is 75.3. The van der Waals surface area contributed by atoms with Crippen molar-refractivity contribution in [3.63, 3.8) is 0 Å². The minimum absolute atomic E-state index is 0.137. The van der Waals surface area contributed by atoms with Crippen LogP contribution in [0.1, 0.15) is 26.2 Å². The van der Waals surface area contributed by atoms with E-state index in [1.165, 1.54) is 0 Å². The molecule has 1 fully saturated rings. The zero-order valence-corrected chi connectivity index (χ0v) is 12.1. The van der Waals surface area contributed by atoms with Crippen LogP contribution in [0.15, 0.2) is 13.5 Å². The second kappa shape index (κ2) is 4.69. The Kier molecular flexibility index (Phi) is 3.83. The molecule has 2 aliphatic heterocycles. The van der Waals surface area contributed by atoms with Gasteiger partial charge in [0.2, 0.25) is 0 Å². The molecule has 0 spiro atoms. The average molecular weight is 328 g/mol. The summed E-state index contributed by atoms with van der Waals surface area (Å²) in [5, 5.41) is 0. The van der Waals surface area contributed by atoms with E-state index in [1.807, 2.05) is 4.52 Å². The molecule has 0 radical (unpaired) electrons. The molecule has 106 valence electrons. The minimum Gasteiger partial charge on any atom is -0.223 e. The molecule has 18 heavy (non-hydrogen) atoms. The molecule has 2 atom stereocenters. The van der Waals surface area contributed by atoms with Crippen molar-refractivity contribution in [1.82, 2.24) is 4.67 Å². The second-order valence-corrected chi connectivity index (χ2v) is 9.66. The van der Waals surface area contributed by atoms with E-state index in [0.717, 1.165) is 11.1 Å². The van der Waals surface area contributed by atoms with Gasteiger partial charge >= 0.3 is 23.3 Å². The zero-order valence-electron chi connectivity index (χ0n) is 9.43. The molecular weight excluding hydrogens is 316 g/mol. The Bertz CT molecular complexity index is 500. The molecule has 2 aliphatic rings. The van der Waals surface area contributed by atoms with E-state index in [9.17, 15) is 21.0 Å². The first kappa shape index (κ1) is 14.7. The fourth-order valence-electron chi connectivity index (χ4n) is 2.02. The fraction of sp³-hybridized carbons (Fsp3) is 1.00. The molecule has 0 saturated carbocycles. The van der Waals surface area contributed by atoms with E-state index in [0.29, 0.717) is 12.8 Å². The zero-order chi connectivity index (χ0) is 13.6. The van der Waals surface area contributed by atoms with Gasteiger partial charge in [-0.3, -0.25) is 0 Å². The number of hydrogen-bond acceptors (Lipinski definition) is 4. The molecule has 0 amide bonds. The molecule has 0 aromatic carbocycles. The lowest BCUT2D eigenvalue weighted by Gasteiger charge is -2.36. The third-order valence-corrected chi connectivity index (χ3v) is 9.27. The van der Waals surface area contributed by atoms with Crippen LogP contribution in [-0.4, -0.2) is 17.3 Å². The summed E-state index contributed by atoms with van der Waals surface area (Å²) in [5.41, 5.74) is 0. The van der Waals surface area contributed by atoms with Gasteiger partial charge in [0, 0.05) is 12.6 Å².